The molecule has 76 heavy (non-hydrogen) atoms. The van der Waals surface area contributed by atoms with Crippen molar-refractivity contribution in [3.63, 3.8) is 0 Å². The molecule has 0 aromatic heterocycles. The molecule has 0 fully saturated rings. The van der Waals surface area contributed by atoms with Gasteiger partial charge in [-0.3, -0.25) is 14.8 Å². The maximum absolute atomic E-state index is 14.6. The van der Waals surface area contributed by atoms with Gasteiger partial charge in [0.2, 0.25) is 0 Å². The Hall–Kier alpha value is -7.83. The molecule has 400 valence electrons. The smallest absolute Gasteiger partial charge is 0.416 e. The van der Waals surface area contributed by atoms with Gasteiger partial charge in [0, 0.05) is 43.1 Å². The number of amides is 4. The number of benzene rings is 4. The average Bonchev–Trinajstić information content (AvgIpc) is 3.43. The second-order valence-corrected chi connectivity index (χ2v) is 18.6. The number of hydrogen-bond acceptors (Lipinski definition) is 9. The summed E-state index contributed by atoms with van der Waals surface area (Å²) in [5.41, 5.74) is 3.96. The molecule has 4 amide bonds. The fraction of sp³-hybridized carbons (Fsp3) is 0.364. The van der Waals surface area contributed by atoms with E-state index < -0.39 is 53.5 Å². The van der Waals surface area contributed by atoms with Gasteiger partial charge in [-0.05, 0) is 132 Å². The van der Waals surface area contributed by atoms with E-state index in [1.165, 1.54) is 67.3 Å². The number of esters is 2. The third kappa shape index (κ3) is 13.5. The predicted octanol–water partition coefficient (Wildman–Crippen LogP) is 11.0. The van der Waals surface area contributed by atoms with Gasteiger partial charge in [0.05, 0.1) is 76.6 Å². The zero-order valence-electron chi connectivity index (χ0n) is 42.5. The summed E-state index contributed by atoms with van der Waals surface area (Å²) in [7, 11) is 1.49. The summed E-state index contributed by atoms with van der Waals surface area (Å²) < 4.78 is 81.5. The maximum Gasteiger partial charge on any atom is 0.416 e. The van der Waals surface area contributed by atoms with Crippen LogP contribution >= 0.6 is 9.24 Å². The van der Waals surface area contributed by atoms with Gasteiger partial charge in [0.15, 0.2) is 5.96 Å². The zero-order valence-corrected chi connectivity index (χ0v) is 43.7. The Morgan fingerprint density at radius 3 is 1.53 bits per heavy atom. The minimum Gasteiger partial charge on any atom is -0.463 e. The first-order valence-electron chi connectivity index (χ1n) is 24.7. The fourth-order valence-electron chi connectivity index (χ4n) is 9.18. The molecule has 2 heterocycles. The Balaban J connectivity index is 1.10. The number of allylic oxidation sites excluding steroid dienone is 2. The lowest BCUT2D eigenvalue weighted by Crippen LogP contribution is -2.51. The average molecular weight is 1070 g/mol. The molecule has 0 saturated heterocycles. The first-order valence-corrected chi connectivity index (χ1v) is 25.3. The van der Waals surface area contributed by atoms with Crippen LogP contribution in [0.3, 0.4) is 0 Å². The molecule has 3 N–H and O–H groups in total. The summed E-state index contributed by atoms with van der Waals surface area (Å²) in [6, 6.07) is 23.6. The van der Waals surface area contributed by atoms with E-state index in [-0.39, 0.29) is 71.7 Å². The van der Waals surface area contributed by atoms with Crippen LogP contribution in [0, 0.1) is 22.7 Å². The Morgan fingerprint density at radius 2 is 1.11 bits per heavy atom. The quantitative estimate of drug-likeness (QED) is 0.0202. The van der Waals surface area contributed by atoms with E-state index in [0.29, 0.717) is 73.9 Å². The standard InChI is InChI=1S/C55H59F5N9O6P/c1-5-74-49(70)45-35(3)68(43-17-13-15-41(31-43)54(56,57)58)52(72)66(47(45)39-23-19-37(33-61)20-24-39)29-11-7-9-27-64-51(63)65-28-10-8-12-30-67-48(40-25-21-38(34-62)22-26-40)46(50(71)75-6-2)36(4)69(53(67)73)44-18-14-16-42(32-44)55(59,60)76/h13-26,31-32,47-48H,5-12,27-30,76H2,1-4H3,(H3,63,64,65)/t47?,48-/m1/s1. The number of guanidine groups is 1. The summed E-state index contributed by atoms with van der Waals surface area (Å²) >= 11 is 0. The Kier molecular flexibility index (Phi) is 19.4. The molecule has 0 saturated carbocycles. The molecule has 3 atom stereocenters. The van der Waals surface area contributed by atoms with E-state index in [1.54, 1.807) is 69.3 Å². The number of carbonyl (C=O) groups excluding carboxylic acids is 4. The van der Waals surface area contributed by atoms with Crippen LogP contribution in [-0.2, 0) is 30.9 Å². The number of nitrogens with zero attached hydrogens (tertiary/aromatic N) is 7. The second kappa shape index (κ2) is 25.6. The minimum atomic E-state index is -4.70. The maximum atomic E-state index is 14.6. The molecule has 15 nitrogen and oxygen atoms in total. The largest absolute Gasteiger partial charge is 0.463 e. The summed E-state index contributed by atoms with van der Waals surface area (Å²) in [5.74, 6) is -1.25. The van der Waals surface area contributed by atoms with Gasteiger partial charge < -0.3 is 30.3 Å². The van der Waals surface area contributed by atoms with E-state index in [9.17, 15) is 51.7 Å². The first-order chi connectivity index (χ1) is 36.2. The molecule has 4 aromatic rings. The topological polar surface area (TPSA) is 198 Å². The fourth-order valence-corrected chi connectivity index (χ4v) is 9.36. The number of anilines is 2. The molecule has 2 aliphatic rings. The molecule has 6 rings (SSSR count). The highest BCUT2D eigenvalue weighted by atomic mass is 31.0. The lowest BCUT2D eigenvalue weighted by atomic mass is 9.92. The molecule has 2 aliphatic heterocycles. The van der Waals surface area contributed by atoms with Crippen molar-refractivity contribution in [3.05, 3.63) is 153 Å². The molecule has 0 bridgehead atoms. The summed E-state index contributed by atoms with van der Waals surface area (Å²) in [4.78, 5) is 66.2. The van der Waals surface area contributed by atoms with Gasteiger partial charge in [0.25, 0.3) is 5.66 Å². The number of carbonyl (C=O) groups is 4. The normalized spacial score (nSPS) is 16.4. The van der Waals surface area contributed by atoms with Gasteiger partial charge in [0.1, 0.15) is 0 Å². The molecule has 2 unspecified atom stereocenters. The van der Waals surface area contributed by atoms with Crippen molar-refractivity contribution < 1.29 is 50.6 Å². The van der Waals surface area contributed by atoms with Crippen molar-refractivity contribution in [1.82, 2.24) is 15.1 Å². The van der Waals surface area contributed by atoms with E-state index in [4.69, 9.17) is 15.2 Å². The Labute approximate surface area is 440 Å². The molecular formula is C55H59F5N9O6P. The number of ether oxygens (including phenoxy) is 2. The first kappa shape index (κ1) is 57.4. The van der Waals surface area contributed by atoms with Crippen LogP contribution < -0.4 is 20.9 Å². The molecule has 0 aliphatic carbocycles. The highest BCUT2D eigenvalue weighted by Gasteiger charge is 2.45. The van der Waals surface area contributed by atoms with E-state index in [0.717, 1.165) is 17.0 Å². The number of aliphatic imine (C=N–C) groups is 1. The molecule has 0 radical (unpaired) electrons. The summed E-state index contributed by atoms with van der Waals surface area (Å²) in [5, 5.41) is 22.0. The molecule has 4 aromatic carbocycles. The van der Waals surface area contributed by atoms with Crippen molar-refractivity contribution in [2.24, 2.45) is 10.7 Å². The van der Waals surface area contributed by atoms with Crippen LogP contribution in [0.2, 0.25) is 0 Å². The lowest BCUT2D eigenvalue weighted by molar-refractivity contribution is -0.140. The molecular weight excluding hydrogens is 1010 g/mol. The van der Waals surface area contributed by atoms with E-state index in [1.807, 2.05) is 6.07 Å². The van der Waals surface area contributed by atoms with Crippen molar-refractivity contribution in [2.75, 3.05) is 49.2 Å². The molecule has 0 spiro atoms. The number of unbranched alkanes of at least 4 members (excludes halogenated alkanes) is 4. The highest BCUT2D eigenvalue weighted by molar-refractivity contribution is 7.17. The number of hydrogen-bond donors (Lipinski definition) is 2. The number of nitriles is 2. The van der Waals surface area contributed by atoms with E-state index in [2.05, 4.69) is 16.4 Å². The van der Waals surface area contributed by atoms with Crippen molar-refractivity contribution in [2.45, 2.75) is 90.1 Å². The summed E-state index contributed by atoms with van der Waals surface area (Å²) in [6.45, 7) is 7.33. The monoisotopic (exact) mass is 1070 g/mol. The minimum absolute atomic E-state index is 0.00238. The van der Waals surface area contributed by atoms with Crippen LogP contribution in [0.1, 0.15) is 112 Å². The lowest BCUT2D eigenvalue weighted by Gasteiger charge is -2.43. The number of urea groups is 2. The van der Waals surface area contributed by atoms with Gasteiger partial charge in [-0.25, -0.2) is 19.2 Å². The van der Waals surface area contributed by atoms with Gasteiger partial charge in [-0.1, -0.05) is 51.7 Å². The van der Waals surface area contributed by atoms with Crippen molar-refractivity contribution >= 4 is 50.6 Å². The SMILES string of the molecule is CCOC(=O)C1=C(C)N(c2cccc(C(F)(F)F)c2)C(=O)N(CCCCCN=C(N)NCCCCCN2C(=O)N(c3cccc(C(F)(F)P)c3)C(C)=C(C(=O)OCC)[C@H]2c2ccc(C#N)cc2)C1c1ccc(C#N)cc1. The van der Waals surface area contributed by atoms with Crippen LogP contribution in [0.4, 0.5) is 42.9 Å². The van der Waals surface area contributed by atoms with Crippen molar-refractivity contribution in [1.29, 1.82) is 10.5 Å². The van der Waals surface area contributed by atoms with E-state index >= 15 is 0 Å². The van der Waals surface area contributed by atoms with Crippen LogP contribution in [0.15, 0.2) is 125 Å². The zero-order chi connectivity index (χ0) is 55.3. The third-order valence-electron chi connectivity index (χ3n) is 12.8. The number of halogens is 5. The number of rotatable bonds is 21. The van der Waals surface area contributed by atoms with Crippen LogP contribution in [-0.4, -0.2) is 79.2 Å². The van der Waals surface area contributed by atoms with Crippen LogP contribution in [0.5, 0.6) is 0 Å². The van der Waals surface area contributed by atoms with Gasteiger partial charge >= 0.3 is 30.2 Å². The molecule has 21 heteroatoms. The number of alkyl halides is 5. The highest BCUT2D eigenvalue weighted by Crippen LogP contribution is 2.44. The van der Waals surface area contributed by atoms with Crippen molar-refractivity contribution in [3.8, 4) is 12.1 Å². The van der Waals surface area contributed by atoms with Gasteiger partial charge in [-0.2, -0.15) is 32.5 Å². The third-order valence-corrected chi connectivity index (χ3v) is 13.2. The number of nitrogens with one attached hydrogen (secondary N) is 1. The summed E-state index contributed by atoms with van der Waals surface area (Å²) in [6.07, 6.45) is -1.56. The van der Waals surface area contributed by atoms with Gasteiger partial charge in [-0.15, -0.1) is 0 Å². The predicted molar refractivity (Wildman–Crippen MR) is 279 cm³/mol. The number of nitrogens with two attached hydrogens (primary N) is 1. The van der Waals surface area contributed by atoms with Crippen LogP contribution in [0.25, 0.3) is 0 Å². The Morgan fingerprint density at radius 1 is 0.671 bits per heavy atom. The second-order valence-electron chi connectivity index (χ2n) is 17.9. The Bertz CT molecular complexity index is 2950.